The third-order valence-electron chi connectivity index (χ3n) is 7.42. The van der Waals surface area contributed by atoms with Gasteiger partial charge in [0.1, 0.15) is 12.2 Å². The molecule has 0 saturated heterocycles. The quantitative estimate of drug-likeness (QED) is 0.232. The molecule has 0 aliphatic carbocycles. The lowest BCUT2D eigenvalue weighted by Crippen LogP contribution is -2.46. The Morgan fingerprint density at radius 1 is 0.979 bits per heavy atom. The fourth-order valence-corrected chi connectivity index (χ4v) is 5.46. The van der Waals surface area contributed by atoms with E-state index in [1.165, 1.54) is 21.1 Å². The first kappa shape index (κ1) is 35.2. The maximum atomic E-state index is 14.4. The molecule has 0 unspecified atom stereocenters. The number of fused-ring (bicyclic) bond motifs is 1. The molecule has 0 spiro atoms. The lowest BCUT2D eigenvalue weighted by molar-refractivity contribution is -0.144. The van der Waals surface area contributed by atoms with Gasteiger partial charge in [-0.1, -0.05) is 37.6 Å². The molecule has 11 nitrogen and oxygen atoms in total. The number of esters is 2. The number of hydrogen-bond acceptors (Lipinski definition) is 9. The molecule has 1 heterocycles. The van der Waals surface area contributed by atoms with Crippen molar-refractivity contribution < 1.29 is 42.9 Å². The van der Waals surface area contributed by atoms with E-state index in [0.29, 0.717) is 44.6 Å². The number of nitrogens with one attached hydrogen (secondary N) is 1. The van der Waals surface area contributed by atoms with Gasteiger partial charge < -0.3 is 33.9 Å². The molecule has 1 N–H and O–H groups in total. The molecule has 0 fully saturated rings. The van der Waals surface area contributed by atoms with Crippen LogP contribution in [-0.2, 0) is 28.6 Å². The van der Waals surface area contributed by atoms with Gasteiger partial charge in [-0.3, -0.25) is 14.4 Å². The zero-order chi connectivity index (χ0) is 34.3. The Bertz CT molecular complexity index is 1620. The van der Waals surface area contributed by atoms with Gasteiger partial charge in [0.2, 0.25) is 5.91 Å². The molecule has 3 aromatic rings. The molecular weight excluding hydrogens is 628 g/mol. The fourth-order valence-electron chi connectivity index (χ4n) is 5.28. The number of carbonyl (C=O) groups excluding carboxylic acids is 4. The SMILES string of the molecule is CCOC(=O)c1ccc(NC(=O)C[C@H]2O[C@H](c3cccc(OC)c3OC)c3cc(Cl)ccc3N(CC(C)(C)COC(C)=O)C2=O)cc1. The summed E-state index contributed by atoms with van der Waals surface area (Å²) in [7, 11) is 3.02. The van der Waals surface area contributed by atoms with Crippen LogP contribution in [0.5, 0.6) is 11.5 Å². The van der Waals surface area contributed by atoms with E-state index < -0.39 is 41.4 Å². The van der Waals surface area contributed by atoms with E-state index in [9.17, 15) is 19.2 Å². The zero-order valence-corrected chi connectivity index (χ0v) is 28.0. The molecular formula is C35H39ClN2O9. The molecule has 12 heteroatoms. The number of ether oxygens (including phenoxy) is 5. The van der Waals surface area contributed by atoms with E-state index in [4.69, 9.17) is 35.3 Å². The molecule has 4 rings (SSSR count). The summed E-state index contributed by atoms with van der Waals surface area (Å²) in [6.45, 7) is 7.20. The highest BCUT2D eigenvalue weighted by molar-refractivity contribution is 6.30. The Hall–Kier alpha value is -4.61. The summed E-state index contributed by atoms with van der Waals surface area (Å²) in [5.74, 6) is -1.03. The van der Waals surface area contributed by atoms with E-state index in [-0.39, 0.29) is 26.2 Å². The Balaban J connectivity index is 1.75. The Labute approximate surface area is 279 Å². The summed E-state index contributed by atoms with van der Waals surface area (Å²) in [5, 5.41) is 3.20. The molecule has 250 valence electrons. The zero-order valence-electron chi connectivity index (χ0n) is 27.3. The molecule has 2 atom stereocenters. The Morgan fingerprint density at radius 2 is 1.70 bits per heavy atom. The highest BCUT2D eigenvalue weighted by Gasteiger charge is 2.41. The molecule has 0 bridgehead atoms. The van der Waals surface area contributed by atoms with Crippen LogP contribution in [0.15, 0.2) is 60.7 Å². The van der Waals surface area contributed by atoms with E-state index in [2.05, 4.69) is 5.32 Å². The van der Waals surface area contributed by atoms with Crippen LogP contribution in [0.3, 0.4) is 0 Å². The van der Waals surface area contributed by atoms with Crippen LogP contribution in [0, 0.1) is 5.41 Å². The van der Waals surface area contributed by atoms with Gasteiger partial charge in [-0.05, 0) is 55.5 Å². The minimum absolute atomic E-state index is 0.0516. The standard InChI is InChI=1S/C35H39ClN2O9/c1-7-45-34(42)22-11-14-24(15-12-22)37-30(40)18-29-33(41)38(19-35(3,4)20-46-21(2)39)27-16-13-23(36)17-26(27)31(47-29)25-9-8-10-28(43-5)32(25)44-6/h8-17,29,31H,7,18-20H2,1-6H3,(H,37,40)/t29-,31-/m1/s1. The number of halogens is 1. The van der Waals surface area contributed by atoms with Crippen LogP contribution < -0.4 is 19.7 Å². The van der Waals surface area contributed by atoms with Crippen LogP contribution in [0.4, 0.5) is 11.4 Å². The highest BCUT2D eigenvalue weighted by Crippen LogP contribution is 2.45. The van der Waals surface area contributed by atoms with Crippen LogP contribution in [0.2, 0.25) is 5.02 Å². The first-order valence-electron chi connectivity index (χ1n) is 15.0. The predicted octanol–water partition coefficient (Wildman–Crippen LogP) is 5.97. The summed E-state index contributed by atoms with van der Waals surface area (Å²) < 4.78 is 28.2. The van der Waals surface area contributed by atoms with Crippen molar-refractivity contribution in [2.24, 2.45) is 5.41 Å². The molecule has 0 aromatic heterocycles. The fraction of sp³-hybridized carbons (Fsp3) is 0.371. The second-order valence-electron chi connectivity index (χ2n) is 11.7. The molecule has 2 amide bonds. The Kier molecular flexibility index (Phi) is 11.5. The van der Waals surface area contributed by atoms with E-state index in [1.807, 2.05) is 13.8 Å². The summed E-state index contributed by atoms with van der Waals surface area (Å²) in [4.78, 5) is 53.1. The van der Waals surface area contributed by atoms with Crippen molar-refractivity contribution >= 4 is 46.7 Å². The van der Waals surface area contributed by atoms with E-state index in [0.717, 1.165) is 0 Å². The highest BCUT2D eigenvalue weighted by atomic mass is 35.5. The van der Waals surface area contributed by atoms with Gasteiger partial charge >= 0.3 is 11.9 Å². The average molecular weight is 667 g/mol. The van der Waals surface area contributed by atoms with E-state index >= 15 is 0 Å². The van der Waals surface area contributed by atoms with Gasteiger partial charge in [-0.2, -0.15) is 0 Å². The second-order valence-corrected chi connectivity index (χ2v) is 12.1. The van der Waals surface area contributed by atoms with Crippen molar-refractivity contribution in [1.29, 1.82) is 0 Å². The summed E-state index contributed by atoms with van der Waals surface area (Å²) in [5.41, 5.74) is 1.72. The number of rotatable bonds is 12. The van der Waals surface area contributed by atoms with Crippen LogP contribution >= 0.6 is 11.6 Å². The molecule has 3 aromatic carbocycles. The van der Waals surface area contributed by atoms with Crippen molar-refractivity contribution in [1.82, 2.24) is 0 Å². The van der Waals surface area contributed by atoms with E-state index in [1.54, 1.807) is 72.5 Å². The number of carbonyl (C=O) groups is 4. The smallest absolute Gasteiger partial charge is 0.338 e. The van der Waals surface area contributed by atoms with Gasteiger partial charge in [0, 0.05) is 46.4 Å². The number of benzene rings is 3. The molecule has 47 heavy (non-hydrogen) atoms. The number of hydrogen-bond donors (Lipinski definition) is 1. The molecule has 0 saturated carbocycles. The van der Waals surface area contributed by atoms with Crippen LogP contribution in [-0.4, -0.2) is 63.8 Å². The van der Waals surface area contributed by atoms with Crippen molar-refractivity contribution in [3.8, 4) is 11.5 Å². The number of amides is 2. The third kappa shape index (κ3) is 8.60. The number of methoxy groups -OCH3 is 2. The second kappa shape index (κ2) is 15.3. The number of anilines is 2. The first-order chi connectivity index (χ1) is 22.4. The van der Waals surface area contributed by atoms with Crippen LogP contribution in [0.25, 0.3) is 0 Å². The van der Waals surface area contributed by atoms with Gasteiger partial charge in [0.15, 0.2) is 11.5 Å². The first-order valence-corrected chi connectivity index (χ1v) is 15.4. The molecule has 0 radical (unpaired) electrons. The van der Waals surface area contributed by atoms with Crippen molar-refractivity contribution in [3.05, 3.63) is 82.4 Å². The summed E-state index contributed by atoms with van der Waals surface area (Å²) in [6, 6.07) is 16.7. The normalized spacial score (nSPS) is 16.1. The van der Waals surface area contributed by atoms with Crippen molar-refractivity contribution in [3.63, 3.8) is 0 Å². The largest absolute Gasteiger partial charge is 0.493 e. The third-order valence-corrected chi connectivity index (χ3v) is 7.66. The lowest BCUT2D eigenvalue weighted by atomic mass is 9.92. The predicted molar refractivity (Wildman–Crippen MR) is 176 cm³/mol. The average Bonchev–Trinajstić information content (AvgIpc) is 3.14. The van der Waals surface area contributed by atoms with Crippen molar-refractivity contribution in [2.75, 3.05) is 44.2 Å². The minimum atomic E-state index is -1.26. The maximum absolute atomic E-state index is 14.4. The minimum Gasteiger partial charge on any atom is -0.493 e. The summed E-state index contributed by atoms with van der Waals surface area (Å²) in [6.07, 6.45) is -2.50. The number of para-hydroxylation sites is 1. The Morgan fingerprint density at radius 3 is 2.34 bits per heavy atom. The monoisotopic (exact) mass is 666 g/mol. The summed E-state index contributed by atoms with van der Waals surface area (Å²) >= 11 is 6.51. The maximum Gasteiger partial charge on any atom is 0.338 e. The topological polar surface area (TPSA) is 130 Å². The molecule has 1 aliphatic rings. The molecule has 1 aliphatic heterocycles. The van der Waals surface area contributed by atoms with Crippen LogP contribution in [0.1, 0.15) is 61.7 Å². The lowest BCUT2D eigenvalue weighted by Gasteiger charge is -2.33. The van der Waals surface area contributed by atoms with Crippen molar-refractivity contribution in [2.45, 2.75) is 46.3 Å². The van der Waals surface area contributed by atoms with Gasteiger partial charge in [0.05, 0.1) is 39.4 Å². The van der Waals surface area contributed by atoms with Gasteiger partial charge in [-0.25, -0.2) is 4.79 Å². The van der Waals surface area contributed by atoms with Gasteiger partial charge in [0.25, 0.3) is 5.91 Å². The van der Waals surface area contributed by atoms with Gasteiger partial charge in [-0.15, -0.1) is 0 Å². The number of nitrogens with zero attached hydrogens (tertiary/aromatic N) is 1.